The second-order valence-electron chi connectivity index (χ2n) is 7.62. The summed E-state index contributed by atoms with van der Waals surface area (Å²) in [6.07, 6.45) is 7.81. The maximum absolute atomic E-state index is 10.3. The van der Waals surface area contributed by atoms with Gasteiger partial charge in [0, 0.05) is 53.7 Å². The summed E-state index contributed by atoms with van der Waals surface area (Å²) in [4.78, 5) is 31.0. The van der Waals surface area contributed by atoms with E-state index in [0.717, 1.165) is 57.8 Å². The summed E-state index contributed by atoms with van der Waals surface area (Å²) >= 11 is 0. The molecule has 0 aromatic carbocycles. The maximum atomic E-state index is 10.3. The molecule has 0 aromatic rings. The van der Waals surface area contributed by atoms with Crippen molar-refractivity contribution >= 4 is 17.9 Å². The second-order valence-corrected chi connectivity index (χ2v) is 7.62. The fourth-order valence-corrected chi connectivity index (χ4v) is 3.89. The van der Waals surface area contributed by atoms with E-state index < -0.39 is 17.9 Å². The van der Waals surface area contributed by atoms with Crippen LogP contribution in [0, 0.1) is 53.4 Å². The molecule has 0 spiro atoms. The molecule has 3 fully saturated rings. The molecule has 3 saturated carbocycles. The molecule has 159 valence electrons. The van der Waals surface area contributed by atoms with E-state index in [9.17, 15) is 14.4 Å². The van der Waals surface area contributed by atoms with E-state index in [1.54, 1.807) is 0 Å². The minimum atomic E-state index is -0.736. The molecule has 1 radical (unpaired) electrons. The molecule has 28 heavy (non-hydrogen) atoms. The van der Waals surface area contributed by atoms with E-state index in [1.807, 2.05) is 0 Å². The smallest absolute Gasteiger partial charge is 0.308 e. The number of carbonyl (C=O) groups is 3. The molecular formula is C18H33LaN3O6. The Labute approximate surface area is 193 Å². The third-order valence-electron chi connectivity index (χ3n) is 5.66. The Hall–Kier alpha value is -0.515. The van der Waals surface area contributed by atoms with Gasteiger partial charge in [0.2, 0.25) is 0 Å². The van der Waals surface area contributed by atoms with Gasteiger partial charge in [-0.15, -0.1) is 0 Å². The van der Waals surface area contributed by atoms with E-state index in [-0.39, 0.29) is 71.5 Å². The third kappa shape index (κ3) is 8.88. The first-order chi connectivity index (χ1) is 12.6. The molecule has 9 N–H and O–H groups in total. The van der Waals surface area contributed by atoms with Gasteiger partial charge in [0.1, 0.15) is 0 Å². The summed E-state index contributed by atoms with van der Waals surface area (Å²) in [5.74, 6) is -3.03. The number of carboxylic acids is 3. The van der Waals surface area contributed by atoms with Crippen LogP contribution in [0.3, 0.4) is 0 Å². The number of aliphatic carboxylic acids is 3. The van der Waals surface area contributed by atoms with E-state index in [1.165, 1.54) is 0 Å². The van der Waals surface area contributed by atoms with Crippen molar-refractivity contribution in [2.75, 3.05) is 0 Å². The summed E-state index contributed by atoms with van der Waals surface area (Å²) in [6, 6.07) is -0.285. The van der Waals surface area contributed by atoms with Gasteiger partial charge in [-0.2, -0.15) is 0 Å². The zero-order valence-corrected chi connectivity index (χ0v) is 19.8. The van der Waals surface area contributed by atoms with Gasteiger partial charge >= 0.3 is 17.9 Å². The van der Waals surface area contributed by atoms with Crippen molar-refractivity contribution < 1.29 is 65.3 Å². The second kappa shape index (κ2) is 13.7. The molecule has 0 aliphatic heterocycles. The van der Waals surface area contributed by atoms with Crippen molar-refractivity contribution in [2.24, 2.45) is 35.0 Å². The van der Waals surface area contributed by atoms with Crippen LogP contribution in [0.1, 0.15) is 57.8 Å². The minimum Gasteiger partial charge on any atom is -0.481 e. The van der Waals surface area contributed by atoms with E-state index in [2.05, 4.69) is 0 Å². The molecule has 0 heterocycles. The van der Waals surface area contributed by atoms with E-state index in [4.69, 9.17) is 32.5 Å². The topological polar surface area (TPSA) is 190 Å². The van der Waals surface area contributed by atoms with E-state index >= 15 is 0 Å². The predicted molar refractivity (Wildman–Crippen MR) is 98.9 cm³/mol. The van der Waals surface area contributed by atoms with Crippen molar-refractivity contribution in [3.8, 4) is 0 Å². The van der Waals surface area contributed by atoms with Gasteiger partial charge in [0.15, 0.2) is 0 Å². The number of nitrogens with two attached hydrogens (primary N) is 3. The summed E-state index contributed by atoms with van der Waals surface area (Å²) in [7, 11) is 0. The molecule has 0 aromatic heterocycles. The summed E-state index contributed by atoms with van der Waals surface area (Å²) in [5, 5.41) is 25.5. The number of hydrogen-bond donors (Lipinski definition) is 6. The maximum Gasteiger partial charge on any atom is 0.308 e. The first-order valence-electron chi connectivity index (χ1n) is 9.60. The van der Waals surface area contributed by atoms with Gasteiger partial charge in [0.05, 0.1) is 17.8 Å². The average Bonchev–Trinajstić information content (AvgIpc) is 3.29. The van der Waals surface area contributed by atoms with Crippen molar-refractivity contribution in [3.05, 3.63) is 0 Å². The monoisotopic (exact) mass is 526 g/mol. The van der Waals surface area contributed by atoms with Crippen LogP contribution in [0.25, 0.3) is 0 Å². The summed E-state index contributed by atoms with van der Waals surface area (Å²) in [6.45, 7) is 0. The van der Waals surface area contributed by atoms with Crippen LogP contribution in [-0.2, 0) is 14.4 Å². The first-order valence-corrected chi connectivity index (χ1v) is 9.60. The van der Waals surface area contributed by atoms with Gasteiger partial charge in [-0.1, -0.05) is 19.3 Å². The Bertz CT molecular complexity index is 450. The largest absolute Gasteiger partial charge is 0.481 e. The van der Waals surface area contributed by atoms with Crippen LogP contribution in [-0.4, -0.2) is 51.4 Å². The fraction of sp³-hybridized carbons (Fsp3) is 0.833. The molecule has 6 unspecified atom stereocenters. The van der Waals surface area contributed by atoms with Gasteiger partial charge in [-0.25, -0.2) is 0 Å². The number of hydrogen-bond acceptors (Lipinski definition) is 6. The Balaban J connectivity index is 0.000000384. The fourth-order valence-electron chi connectivity index (χ4n) is 3.89. The normalized spacial score (nSPS) is 33.5. The van der Waals surface area contributed by atoms with Crippen LogP contribution < -0.4 is 17.2 Å². The Kier molecular flexibility index (Phi) is 13.4. The van der Waals surface area contributed by atoms with Crippen molar-refractivity contribution in [1.82, 2.24) is 0 Å². The Morgan fingerprint density at radius 1 is 0.536 bits per heavy atom. The molecule has 9 nitrogen and oxygen atoms in total. The van der Waals surface area contributed by atoms with Crippen LogP contribution in [0.5, 0.6) is 0 Å². The predicted octanol–water partition coefficient (Wildman–Crippen LogP) is 0.595. The molecule has 0 bridgehead atoms. The summed E-state index contributed by atoms with van der Waals surface area (Å²) in [5.41, 5.74) is 16.5. The average molecular weight is 526 g/mol. The van der Waals surface area contributed by atoms with Crippen molar-refractivity contribution in [1.29, 1.82) is 0 Å². The number of carboxylic acid groups (broad SMARTS) is 3. The molecule has 0 saturated heterocycles. The van der Waals surface area contributed by atoms with Gasteiger partial charge < -0.3 is 32.5 Å². The molecule has 0 amide bonds. The SMILES string of the molecule is NC1CCCC1C(=O)O.NC1CCCC1C(=O)O.NC1CCCC1C(=O)O.[La]. The van der Waals surface area contributed by atoms with Gasteiger partial charge in [-0.05, 0) is 38.5 Å². The standard InChI is InChI=1S/3C6H11NO2.La/c3*7-5-3-1-2-4(5)6(8)9;/h3*4-5H,1-3,7H2,(H,8,9);. The third-order valence-corrected chi connectivity index (χ3v) is 5.66. The van der Waals surface area contributed by atoms with Crippen LogP contribution in [0.4, 0.5) is 0 Å². The summed E-state index contributed by atoms with van der Waals surface area (Å²) < 4.78 is 0. The first kappa shape index (κ1) is 27.5. The van der Waals surface area contributed by atoms with Crippen LogP contribution in [0.15, 0.2) is 0 Å². The van der Waals surface area contributed by atoms with E-state index in [0.29, 0.717) is 0 Å². The van der Waals surface area contributed by atoms with Crippen molar-refractivity contribution in [3.63, 3.8) is 0 Å². The van der Waals surface area contributed by atoms with Gasteiger partial charge in [0.25, 0.3) is 0 Å². The molecular weight excluding hydrogens is 493 g/mol. The Morgan fingerprint density at radius 2 is 0.750 bits per heavy atom. The molecule has 3 aliphatic rings. The molecule has 3 aliphatic carbocycles. The number of rotatable bonds is 3. The van der Waals surface area contributed by atoms with Crippen LogP contribution >= 0.6 is 0 Å². The molecule has 3 rings (SSSR count). The van der Waals surface area contributed by atoms with Gasteiger partial charge in [-0.3, -0.25) is 14.4 Å². The zero-order valence-electron chi connectivity index (χ0n) is 16.2. The quantitative estimate of drug-likeness (QED) is 0.306. The van der Waals surface area contributed by atoms with Crippen LogP contribution in [0.2, 0.25) is 0 Å². The molecule has 6 atom stereocenters. The zero-order chi connectivity index (χ0) is 20.6. The van der Waals surface area contributed by atoms with Crippen molar-refractivity contribution in [2.45, 2.75) is 75.9 Å². The minimum absolute atomic E-state index is 0. The Morgan fingerprint density at radius 3 is 0.821 bits per heavy atom. The molecule has 10 heteroatoms.